The quantitative estimate of drug-likeness (QED) is 0.295. The minimum atomic E-state index is -1.07. The van der Waals surface area contributed by atoms with Gasteiger partial charge in [0.2, 0.25) is 5.91 Å². The van der Waals surface area contributed by atoms with Crippen LogP contribution in [-0.2, 0) is 16.0 Å². The van der Waals surface area contributed by atoms with Crippen LogP contribution in [0.25, 0.3) is 0 Å². The van der Waals surface area contributed by atoms with E-state index in [9.17, 15) is 19.8 Å². The Morgan fingerprint density at radius 2 is 1.65 bits per heavy atom. The molecule has 1 rings (SSSR count). The monoisotopic (exact) mass is 369 g/mol. The van der Waals surface area contributed by atoms with Crippen LogP contribution in [0, 0.1) is 0 Å². The fourth-order valence-electron chi connectivity index (χ4n) is 2.61. The van der Waals surface area contributed by atoms with Crippen molar-refractivity contribution in [3.63, 3.8) is 0 Å². The van der Waals surface area contributed by atoms with E-state index in [1.165, 1.54) is 18.6 Å². The Hall–Kier alpha value is -1.30. The van der Waals surface area contributed by atoms with E-state index in [1.807, 2.05) is 6.08 Å². The Labute approximate surface area is 178 Å². The molecule has 1 atom stereocenters. The number of amides is 1. The summed E-state index contributed by atoms with van der Waals surface area (Å²) in [6.07, 6.45) is 9.83. The first-order valence-electron chi connectivity index (χ1n) is 8.92. The number of carbonyl (C=O) groups is 2. The Morgan fingerprint density at radius 3 is 2.23 bits per heavy atom. The largest absolute Gasteiger partial charge is 1.00 e. The van der Waals surface area contributed by atoms with E-state index in [0.29, 0.717) is 12.0 Å². The van der Waals surface area contributed by atoms with Gasteiger partial charge >= 0.3 is 35.5 Å². The SMILES string of the molecule is C=CCCCCCCCCC(=O)N[C@@H](Cc1ccc([O-])cc1)C(=O)O.[Na+]. The van der Waals surface area contributed by atoms with Crippen molar-refractivity contribution < 1.29 is 49.4 Å². The fourth-order valence-corrected chi connectivity index (χ4v) is 2.61. The topological polar surface area (TPSA) is 89.5 Å². The van der Waals surface area contributed by atoms with Gasteiger partial charge in [0.05, 0.1) is 0 Å². The molecule has 1 amide bonds. The van der Waals surface area contributed by atoms with Gasteiger partial charge in [-0.1, -0.05) is 56.0 Å². The molecule has 26 heavy (non-hydrogen) atoms. The number of hydrogen-bond acceptors (Lipinski definition) is 3. The zero-order chi connectivity index (χ0) is 18.5. The van der Waals surface area contributed by atoms with Gasteiger partial charge in [0.1, 0.15) is 6.04 Å². The number of carbonyl (C=O) groups excluding carboxylic acids is 1. The number of aliphatic carboxylic acids is 1. The van der Waals surface area contributed by atoms with E-state index >= 15 is 0 Å². The molecule has 0 unspecified atom stereocenters. The molecule has 1 aromatic rings. The third-order valence-electron chi connectivity index (χ3n) is 4.06. The smallest absolute Gasteiger partial charge is 0.872 e. The Bertz CT molecular complexity index is 545. The van der Waals surface area contributed by atoms with Crippen LogP contribution >= 0.6 is 0 Å². The summed E-state index contributed by atoms with van der Waals surface area (Å²) < 4.78 is 0. The summed E-state index contributed by atoms with van der Waals surface area (Å²) >= 11 is 0. The average Bonchev–Trinajstić information content (AvgIpc) is 2.58. The molecule has 0 fully saturated rings. The number of nitrogens with one attached hydrogen (secondary N) is 1. The Morgan fingerprint density at radius 1 is 1.08 bits per heavy atom. The van der Waals surface area contributed by atoms with Gasteiger partial charge in [-0.3, -0.25) is 4.79 Å². The molecule has 1 aromatic carbocycles. The van der Waals surface area contributed by atoms with E-state index in [2.05, 4.69) is 11.9 Å². The first kappa shape index (κ1) is 24.7. The van der Waals surface area contributed by atoms with Crippen LogP contribution in [0.2, 0.25) is 0 Å². The van der Waals surface area contributed by atoms with Gasteiger partial charge in [-0.2, -0.15) is 0 Å². The van der Waals surface area contributed by atoms with Crippen LogP contribution in [0.4, 0.5) is 0 Å². The standard InChI is InChI=1S/C20H29NO4.Na/c1-2-3-4-5-6-7-8-9-10-19(23)21-18(20(24)25)15-16-11-13-17(22)14-12-16;/h2,11-14,18,22H,1,3-10,15H2,(H,21,23)(H,24,25);/q;+1/p-1/t18-;/m0./s1. The van der Waals surface area contributed by atoms with Gasteiger partial charge in [0.15, 0.2) is 0 Å². The molecule has 5 nitrogen and oxygen atoms in total. The van der Waals surface area contributed by atoms with E-state index in [4.69, 9.17) is 0 Å². The summed E-state index contributed by atoms with van der Waals surface area (Å²) in [4.78, 5) is 23.3. The molecule has 0 bridgehead atoms. The molecule has 2 N–H and O–H groups in total. The maximum Gasteiger partial charge on any atom is 1.00 e. The average molecular weight is 369 g/mol. The minimum Gasteiger partial charge on any atom is -0.872 e. The summed E-state index contributed by atoms with van der Waals surface area (Å²) in [6.45, 7) is 3.69. The van der Waals surface area contributed by atoms with E-state index in [-0.39, 0.29) is 47.6 Å². The number of benzene rings is 1. The van der Waals surface area contributed by atoms with Crippen molar-refractivity contribution in [3.05, 3.63) is 42.5 Å². The summed E-state index contributed by atoms with van der Waals surface area (Å²) in [5.74, 6) is -1.43. The molecule has 0 saturated carbocycles. The third-order valence-corrected chi connectivity index (χ3v) is 4.06. The number of hydrogen-bond donors (Lipinski definition) is 2. The van der Waals surface area contributed by atoms with Gasteiger partial charge in [-0.15, -0.1) is 12.3 Å². The molecule has 0 aromatic heterocycles. The van der Waals surface area contributed by atoms with Crippen molar-refractivity contribution >= 4 is 11.9 Å². The number of unbranched alkanes of at least 4 members (excludes halogenated alkanes) is 6. The van der Waals surface area contributed by atoms with Crippen LogP contribution in [-0.4, -0.2) is 23.0 Å². The van der Waals surface area contributed by atoms with Gasteiger partial charge in [0, 0.05) is 12.8 Å². The Balaban J connectivity index is 0.00000625. The molecule has 0 aliphatic heterocycles. The van der Waals surface area contributed by atoms with Crippen molar-refractivity contribution in [2.24, 2.45) is 0 Å². The van der Waals surface area contributed by atoms with Gasteiger partial charge in [-0.25, -0.2) is 4.79 Å². The summed E-state index contributed by atoms with van der Waals surface area (Å²) in [5.41, 5.74) is 0.715. The van der Waals surface area contributed by atoms with Crippen molar-refractivity contribution in [2.75, 3.05) is 0 Å². The second kappa shape index (κ2) is 14.8. The number of rotatable bonds is 13. The number of carboxylic acids is 1. The Kier molecular flexibility index (Phi) is 14.1. The first-order valence-corrected chi connectivity index (χ1v) is 8.92. The molecular weight excluding hydrogens is 341 g/mol. The minimum absolute atomic E-state index is 0. The molecule has 138 valence electrons. The second-order valence-corrected chi connectivity index (χ2v) is 6.26. The first-order chi connectivity index (χ1) is 12.0. The van der Waals surface area contributed by atoms with Crippen molar-refractivity contribution in [1.82, 2.24) is 5.32 Å². The van der Waals surface area contributed by atoms with Gasteiger partial charge in [0.25, 0.3) is 0 Å². The van der Waals surface area contributed by atoms with Gasteiger partial charge < -0.3 is 15.5 Å². The van der Waals surface area contributed by atoms with E-state index in [1.54, 1.807) is 12.1 Å². The number of allylic oxidation sites excluding steroid dienone is 1. The summed E-state index contributed by atoms with van der Waals surface area (Å²) in [5, 5.41) is 22.9. The molecule has 0 heterocycles. The molecule has 6 heteroatoms. The predicted octanol–water partition coefficient (Wildman–Crippen LogP) is 0.183. The maximum atomic E-state index is 11.9. The maximum absolute atomic E-state index is 11.9. The van der Waals surface area contributed by atoms with Crippen LogP contribution < -0.4 is 40.0 Å². The van der Waals surface area contributed by atoms with Crippen molar-refractivity contribution in [1.29, 1.82) is 0 Å². The van der Waals surface area contributed by atoms with E-state index in [0.717, 1.165) is 38.5 Å². The van der Waals surface area contributed by atoms with Crippen molar-refractivity contribution in [3.8, 4) is 5.75 Å². The van der Waals surface area contributed by atoms with Crippen LogP contribution in [0.3, 0.4) is 0 Å². The van der Waals surface area contributed by atoms with Crippen LogP contribution in [0.5, 0.6) is 5.75 Å². The molecule has 0 spiro atoms. The second-order valence-electron chi connectivity index (χ2n) is 6.26. The predicted molar refractivity (Wildman–Crippen MR) is 96.3 cm³/mol. The normalized spacial score (nSPS) is 11.2. The van der Waals surface area contributed by atoms with Gasteiger partial charge in [-0.05, 0) is 24.8 Å². The van der Waals surface area contributed by atoms with E-state index < -0.39 is 12.0 Å². The van der Waals surface area contributed by atoms with Crippen LogP contribution in [0.1, 0.15) is 56.9 Å². The molecular formula is C20H28NNaO4. The fraction of sp³-hybridized carbons (Fsp3) is 0.500. The summed E-state index contributed by atoms with van der Waals surface area (Å²) in [7, 11) is 0. The molecule has 0 aliphatic rings. The molecule has 0 aliphatic carbocycles. The molecule has 0 saturated heterocycles. The summed E-state index contributed by atoms with van der Waals surface area (Å²) in [6, 6.07) is 5.01. The molecule has 0 radical (unpaired) electrons. The zero-order valence-corrected chi connectivity index (χ0v) is 17.7. The third kappa shape index (κ3) is 11.3. The number of carboxylic acid groups (broad SMARTS) is 1. The zero-order valence-electron chi connectivity index (χ0n) is 15.7. The van der Waals surface area contributed by atoms with Crippen molar-refractivity contribution in [2.45, 2.75) is 63.8 Å². The van der Waals surface area contributed by atoms with Crippen LogP contribution in [0.15, 0.2) is 36.9 Å².